The third-order valence-corrected chi connectivity index (χ3v) is 5.11. The smallest absolute Gasteiger partial charge is 0.253 e. The number of hydrogen-bond donors (Lipinski definition) is 0. The maximum Gasteiger partial charge on any atom is 0.253 e. The molecule has 138 valence electrons. The van der Waals surface area contributed by atoms with Gasteiger partial charge in [0, 0.05) is 54.6 Å². The molecule has 0 unspecified atom stereocenters. The Morgan fingerprint density at radius 1 is 0.926 bits per heavy atom. The Bertz CT molecular complexity index is 881. The van der Waals surface area contributed by atoms with Crippen LogP contribution in [0.3, 0.4) is 0 Å². The maximum absolute atomic E-state index is 12.8. The molecular weight excluding hydrogens is 360 g/mol. The number of carbonyl (C=O) groups excluding carboxylic acids is 1. The van der Waals surface area contributed by atoms with Crippen LogP contribution in [0.4, 0.5) is 0 Å². The van der Waals surface area contributed by atoms with Crippen molar-refractivity contribution in [2.24, 2.45) is 0 Å². The minimum atomic E-state index is 0.0824. The minimum Gasteiger partial charge on any atom is -0.490 e. The highest BCUT2D eigenvalue weighted by Crippen LogP contribution is 2.22. The van der Waals surface area contributed by atoms with Gasteiger partial charge in [0.05, 0.1) is 0 Å². The lowest BCUT2D eigenvalue weighted by Crippen LogP contribution is -2.41. The van der Waals surface area contributed by atoms with Gasteiger partial charge >= 0.3 is 0 Å². The van der Waals surface area contributed by atoms with E-state index in [-0.39, 0.29) is 12.0 Å². The van der Waals surface area contributed by atoms with Crippen molar-refractivity contribution in [2.75, 3.05) is 13.1 Å². The van der Waals surface area contributed by atoms with Crippen LogP contribution in [-0.2, 0) is 0 Å². The van der Waals surface area contributed by atoms with Crippen LogP contribution >= 0.6 is 11.6 Å². The van der Waals surface area contributed by atoms with E-state index in [0.717, 1.165) is 29.8 Å². The Morgan fingerprint density at radius 3 is 2.19 bits per heavy atom. The van der Waals surface area contributed by atoms with Crippen molar-refractivity contribution >= 4 is 17.5 Å². The number of hydrogen-bond acceptors (Lipinski definition) is 2. The van der Waals surface area contributed by atoms with Crippen LogP contribution in [0.15, 0.2) is 73.1 Å². The van der Waals surface area contributed by atoms with E-state index >= 15 is 0 Å². The first-order valence-electron chi connectivity index (χ1n) is 9.14. The van der Waals surface area contributed by atoms with Gasteiger partial charge in [0.25, 0.3) is 5.91 Å². The number of carbonyl (C=O) groups is 1. The van der Waals surface area contributed by atoms with E-state index in [4.69, 9.17) is 16.3 Å². The van der Waals surface area contributed by atoms with Gasteiger partial charge in [0.15, 0.2) is 0 Å². The monoisotopic (exact) mass is 380 g/mol. The lowest BCUT2D eigenvalue weighted by molar-refractivity contribution is 0.0595. The molecule has 2 aromatic carbocycles. The minimum absolute atomic E-state index is 0.0824. The normalized spacial score (nSPS) is 14.9. The fraction of sp³-hybridized carbons (Fsp3) is 0.227. The summed E-state index contributed by atoms with van der Waals surface area (Å²) in [7, 11) is 0. The molecule has 2 heterocycles. The molecule has 1 aliphatic rings. The van der Waals surface area contributed by atoms with Gasteiger partial charge in [0.1, 0.15) is 11.9 Å². The number of nitrogens with zero attached hydrogens (tertiary/aromatic N) is 2. The number of halogens is 1. The number of piperidine rings is 1. The van der Waals surface area contributed by atoms with Crippen molar-refractivity contribution in [3.63, 3.8) is 0 Å². The maximum atomic E-state index is 12.8. The predicted molar refractivity (Wildman–Crippen MR) is 107 cm³/mol. The second-order valence-electron chi connectivity index (χ2n) is 6.70. The highest BCUT2D eigenvalue weighted by atomic mass is 35.5. The number of benzene rings is 2. The molecule has 1 saturated heterocycles. The molecule has 0 radical (unpaired) electrons. The van der Waals surface area contributed by atoms with Crippen molar-refractivity contribution in [3.05, 3.63) is 83.6 Å². The summed E-state index contributed by atoms with van der Waals surface area (Å²) in [5, 5.41) is 0.700. The van der Waals surface area contributed by atoms with Crippen LogP contribution in [0.1, 0.15) is 23.2 Å². The number of ether oxygens (including phenoxy) is 1. The lowest BCUT2D eigenvalue weighted by Gasteiger charge is -2.32. The first kappa shape index (κ1) is 17.7. The molecule has 0 saturated carbocycles. The average molecular weight is 381 g/mol. The van der Waals surface area contributed by atoms with Crippen molar-refractivity contribution in [3.8, 4) is 11.4 Å². The molecule has 0 spiro atoms. The van der Waals surface area contributed by atoms with Gasteiger partial charge in [-0.05, 0) is 60.7 Å². The van der Waals surface area contributed by atoms with E-state index in [0.29, 0.717) is 18.1 Å². The highest BCUT2D eigenvalue weighted by molar-refractivity contribution is 6.30. The molecule has 3 aromatic rings. The quantitative estimate of drug-likeness (QED) is 0.650. The summed E-state index contributed by atoms with van der Waals surface area (Å²) >= 11 is 5.90. The standard InChI is InChI=1S/C22H21ClN2O2/c23-18-5-9-20(10-6-18)27-21-11-15-25(16-12-21)22(26)17-3-7-19(8-4-17)24-13-1-2-14-24/h1-10,13-14,21H,11-12,15-16H2. The first-order valence-corrected chi connectivity index (χ1v) is 9.52. The summed E-state index contributed by atoms with van der Waals surface area (Å²) in [6, 6.07) is 19.1. The van der Waals surface area contributed by atoms with Crippen LogP contribution in [0.25, 0.3) is 5.69 Å². The second-order valence-corrected chi connectivity index (χ2v) is 7.14. The predicted octanol–water partition coefficient (Wildman–Crippen LogP) is 4.81. The summed E-state index contributed by atoms with van der Waals surface area (Å²) in [6.07, 6.45) is 5.77. The molecule has 27 heavy (non-hydrogen) atoms. The Labute approximate surface area is 163 Å². The van der Waals surface area contributed by atoms with Crippen LogP contribution in [0, 0.1) is 0 Å². The third-order valence-electron chi connectivity index (χ3n) is 4.86. The second kappa shape index (κ2) is 7.89. The molecule has 0 atom stereocenters. The third kappa shape index (κ3) is 4.17. The summed E-state index contributed by atoms with van der Waals surface area (Å²) in [5.41, 5.74) is 1.77. The Kier molecular flexibility index (Phi) is 5.16. The van der Waals surface area contributed by atoms with Crippen LogP contribution in [-0.4, -0.2) is 34.6 Å². The van der Waals surface area contributed by atoms with Crippen molar-refractivity contribution in [1.29, 1.82) is 0 Å². The van der Waals surface area contributed by atoms with Crippen molar-refractivity contribution in [2.45, 2.75) is 18.9 Å². The number of likely N-dealkylation sites (tertiary alicyclic amines) is 1. The van der Waals surface area contributed by atoms with Crippen molar-refractivity contribution in [1.82, 2.24) is 9.47 Å². The SMILES string of the molecule is O=C(c1ccc(-n2cccc2)cc1)N1CCC(Oc2ccc(Cl)cc2)CC1. The number of amides is 1. The molecule has 1 aromatic heterocycles. The van der Waals surface area contributed by atoms with E-state index in [9.17, 15) is 4.79 Å². The number of aromatic nitrogens is 1. The average Bonchev–Trinajstić information content (AvgIpc) is 3.25. The van der Waals surface area contributed by atoms with Gasteiger partial charge in [-0.3, -0.25) is 4.79 Å². The van der Waals surface area contributed by atoms with Crippen LogP contribution < -0.4 is 4.74 Å². The summed E-state index contributed by atoms with van der Waals surface area (Å²) in [4.78, 5) is 14.7. The van der Waals surface area contributed by atoms with Gasteiger partial charge < -0.3 is 14.2 Å². The topological polar surface area (TPSA) is 34.5 Å². The Hall–Kier alpha value is -2.72. The van der Waals surface area contributed by atoms with Gasteiger partial charge in [-0.2, -0.15) is 0 Å². The molecule has 1 amide bonds. The molecule has 0 N–H and O–H groups in total. The zero-order valence-corrected chi connectivity index (χ0v) is 15.7. The fourth-order valence-electron chi connectivity index (χ4n) is 3.35. The van der Waals surface area contributed by atoms with E-state index < -0.39 is 0 Å². The molecule has 4 rings (SSSR count). The number of rotatable bonds is 4. The van der Waals surface area contributed by atoms with E-state index in [1.54, 1.807) is 0 Å². The molecule has 0 bridgehead atoms. The highest BCUT2D eigenvalue weighted by Gasteiger charge is 2.24. The summed E-state index contributed by atoms with van der Waals surface area (Å²) in [6.45, 7) is 1.41. The van der Waals surface area contributed by atoms with Crippen LogP contribution in [0.5, 0.6) is 5.75 Å². The summed E-state index contributed by atoms with van der Waals surface area (Å²) in [5.74, 6) is 0.906. The molecular formula is C22H21ClN2O2. The van der Waals surface area contributed by atoms with Gasteiger partial charge in [-0.1, -0.05) is 11.6 Å². The van der Waals surface area contributed by atoms with Gasteiger partial charge in [-0.25, -0.2) is 0 Å². The van der Waals surface area contributed by atoms with Gasteiger partial charge in [0.2, 0.25) is 0 Å². The largest absolute Gasteiger partial charge is 0.490 e. The van der Waals surface area contributed by atoms with E-state index in [1.165, 1.54) is 0 Å². The zero-order valence-electron chi connectivity index (χ0n) is 14.9. The van der Waals surface area contributed by atoms with E-state index in [2.05, 4.69) is 0 Å². The fourth-order valence-corrected chi connectivity index (χ4v) is 3.47. The van der Waals surface area contributed by atoms with Crippen molar-refractivity contribution < 1.29 is 9.53 Å². The molecule has 0 aliphatic carbocycles. The lowest BCUT2D eigenvalue weighted by atomic mass is 10.1. The molecule has 4 nitrogen and oxygen atoms in total. The van der Waals surface area contributed by atoms with Crippen LogP contribution in [0.2, 0.25) is 5.02 Å². The molecule has 1 fully saturated rings. The Balaban J connectivity index is 1.33. The van der Waals surface area contributed by atoms with Gasteiger partial charge in [-0.15, -0.1) is 0 Å². The molecule has 5 heteroatoms. The zero-order chi connectivity index (χ0) is 18.6. The first-order chi connectivity index (χ1) is 13.2. The Morgan fingerprint density at radius 2 is 1.56 bits per heavy atom. The van der Waals surface area contributed by atoms with E-state index in [1.807, 2.05) is 82.5 Å². The molecule has 1 aliphatic heterocycles. The summed E-state index contributed by atoms with van der Waals surface area (Å²) < 4.78 is 8.02.